The standard InChI is InChI=1S/C27H26N4O9S/c1-13-5-6-20-17(7-13)8-22(26(35)40-20)41-27-30-19-9-28-12-29-24(19)31(27)25-18(10-36-14(2)32)23(38-16(4)34)21(39-25)11-37-15(3)33/h5-9,12,18,21,23,25H,10-11H2,1-4H3/t18-,21-,23+,25-/m1/s1. The third-order valence-corrected chi connectivity index (χ3v) is 7.31. The number of aryl methyl sites for hydroxylation is 1. The maximum Gasteiger partial charge on any atom is 0.350 e. The summed E-state index contributed by atoms with van der Waals surface area (Å²) in [6, 6.07) is 7.19. The highest BCUT2D eigenvalue weighted by Crippen LogP contribution is 2.42. The number of carbonyl (C=O) groups excluding carboxylic acids is 3. The van der Waals surface area contributed by atoms with Crippen molar-refractivity contribution in [2.45, 2.75) is 56.2 Å². The molecular weight excluding hydrogens is 556 g/mol. The van der Waals surface area contributed by atoms with Crippen LogP contribution in [0, 0.1) is 12.8 Å². The van der Waals surface area contributed by atoms with Crippen molar-refractivity contribution >= 4 is 51.8 Å². The maximum atomic E-state index is 12.9. The third-order valence-electron chi connectivity index (χ3n) is 6.34. The molecule has 0 unspecified atom stereocenters. The average molecular weight is 583 g/mol. The van der Waals surface area contributed by atoms with E-state index in [4.69, 9.17) is 23.4 Å². The molecule has 4 heterocycles. The normalized spacial score (nSPS) is 20.3. The summed E-state index contributed by atoms with van der Waals surface area (Å²) in [6.45, 7) is 5.25. The van der Waals surface area contributed by atoms with Crippen LogP contribution in [0.1, 0.15) is 32.6 Å². The van der Waals surface area contributed by atoms with Crippen LogP contribution in [0.3, 0.4) is 0 Å². The lowest BCUT2D eigenvalue weighted by atomic mass is 10.00. The molecule has 3 aromatic heterocycles. The minimum absolute atomic E-state index is 0.194. The van der Waals surface area contributed by atoms with Gasteiger partial charge in [-0.15, -0.1) is 0 Å². The molecule has 1 saturated heterocycles. The SMILES string of the molecule is CC(=O)OC[C@@H]1[C@H](OC(C)=O)[C@@H](COC(C)=O)O[C@H]1n1c(Sc2cc3cc(C)ccc3oc2=O)nc2cncnc21. The molecule has 4 aromatic rings. The van der Waals surface area contributed by atoms with Crippen LogP contribution in [-0.4, -0.2) is 62.8 Å². The second kappa shape index (κ2) is 11.7. The number of ether oxygens (including phenoxy) is 4. The highest BCUT2D eigenvalue weighted by Gasteiger charge is 2.50. The Balaban J connectivity index is 1.62. The van der Waals surface area contributed by atoms with Gasteiger partial charge in [0.25, 0.3) is 0 Å². The Hall–Kier alpha value is -4.30. The monoisotopic (exact) mass is 582 g/mol. The van der Waals surface area contributed by atoms with Gasteiger partial charge in [-0.1, -0.05) is 11.6 Å². The summed E-state index contributed by atoms with van der Waals surface area (Å²) in [7, 11) is 0. The van der Waals surface area contributed by atoms with Gasteiger partial charge < -0.3 is 23.4 Å². The number of fused-ring (bicyclic) bond motifs is 2. The van der Waals surface area contributed by atoms with Gasteiger partial charge >= 0.3 is 23.5 Å². The Labute approximate surface area is 237 Å². The molecule has 214 valence electrons. The number of esters is 3. The maximum absolute atomic E-state index is 12.9. The molecule has 0 saturated carbocycles. The number of nitrogens with zero attached hydrogens (tertiary/aromatic N) is 4. The van der Waals surface area contributed by atoms with Gasteiger partial charge in [-0.05, 0) is 36.9 Å². The van der Waals surface area contributed by atoms with Crippen molar-refractivity contribution in [3.05, 3.63) is 52.8 Å². The van der Waals surface area contributed by atoms with E-state index in [0.717, 1.165) is 22.7 Å². The second-order valence-corrected chi connectivity index (χ2v) is 10.5. The number of imidazole rings is 1. The molecular formula is C27H26N4O9S. The Kier molecular flexibility index (Phi) is 8.03. The minimum Gasteiger partial charge on any atom is -0.465 e. The van der Waals surface area contributed by atoms with Gasteiger partial charge in [0, 0.05) is 26.2 Å². The highest BCUT2D eigenvalue weighted by atomic mass is 32.2. The van der Waals surface area contributed by atoms with E-state index in [2.05, 4.69) is 15.0 Å². The Morgan fingerprint density at radius 1 is 1.05 bits per heavy atom. The molecule has 0 aliphatic carbocycles. The van der Waals surface area contributed by atoms with Crippen molar-refractivity contribution in [2.24, 2.45) is 5.92 Å². The van der Waals surface area contributed by atoms with Crippen molar-refractivity contribution in [3.63, 3.8) is 0 Å². The predicted molar refractivity (Wildman–Crippen MR) is 143 cm³/mol. The number of hydrogen-bond donors (Lipinski definition) is 0. The van der Waals surface area contributed by atoms with Crippen molar-refractivity contribution in [1.82, 2.24) is 19.5 Å². The Bertz CT molecular complexity index is 1700. The lowest BCUT2D eigenvalue weighted by Gasteiger charge is -2.24. The zero-order chi connectivity index (χ0) is 29.3. The van der Waals surface area contributed by atoms with Crippen LogP contribution in [-0.2, 0) is 33.3 Å². The fourth-order valence-corrected chi connectivity index (χ4v) is 5.59. The number of benzene rings is 1. The fourth-order valence-electron chi connectivity index (χ4n) is 4.65. The van der Waals surface area contributed by atoms with E-state index in [0.29, 0.717) is 21.9 Å². The first kappa shape index (κ1) is 28.2. The quantitative estimate of drug-likeness (QED) is 0.169. The first-order valence-electron chi connectivity index (χ1n) is 12.6. The van der Waals surface area contributed by atoms with Crippen molar-refractivity contribution < 1.29 is 37.7 Å². The van der Waals surface area contributed by atoms with E-state index in [1.807, 2.05) is 19.1 Å². The van der Waals surface area contributed by atoms with Crippen LogP contribution in [0.25, 0.3) is 22.1 Å². The number of hydrogen-bond acceptors (Lipinski definition) is 13. The molecule has 1 aliphatic rings. The lowest BCUT2D eigenvalue weighted by molar-refractivity contribution is -0.156. The van der Waals surface area contributed by atoms with Crippen LogP contribution < -0.4 is 5.63 Å². The zero-order valence-corrected chi connectivity index (χ0v) is 23.4. The number of aromatic nitrogens is 4. The molecule has 5 rings (SSSR count). The second-order valence-electron chi connectivity index (χ2n) is 9.45. The van der Waals surface area contributed by atoms with Crippen LogP contribution in [0.2, 0.25) is 0 Å². The van der Waals surface area contributed by atoms with E-state index in [9.17, 15) is 19.2 Å². The Morgan fingerprint density at radius 3 is 2.54 bits per heavy atom. The molecule has 1 fully saturated rings. The molecule has 4 atom stereocenters. The van der Waals surface area contributed by atoms with Gasteiger partial charge in [-0.3, -0.25) is 19.0 Å². The largest absolute Gasteiger partial charge is 0.465 e. The van der Waals surface area contributed by atoms with Gasteiger partial charge in [0.1, 0.15) is 54.0 Å². The van der Waals surface area contributed by atoms with Crippen molar-refractivity contribution in [2.75, 3.05) is 13.2 Å². The molecule has 41 heavy (non-hydrogen) atoms. The van der Waals surface area contributed by atoms with Gasteiger partial charge in [0.05, 0.1) is 12.1 Å². The summed E-state index contributed by atoms with van der Waals surface area (Å²) in [5.41, 5.74) is 1.63. The summed E-state index contributed by atoms with van der Waals surface area (Å²) >= 11 is 1.03. The smallest absolute Gasteiger partial charge is 0.350 e. The molecule has 13 nitrogen and oxygen atoms in total. The zero-order valence-electron chi connectivity index (χ0n) is 22.6. The van der Waals surface area contributed by atoms with E-state index in [1.165, 1.54) is 33.3 Å². The summed E-state index contributed by atoms with van der Waals surface area (Å²) in [6.07, 6.45) is 0.0148. The topological polar surface area (TPSA) is 162 Å². The van der Waals surface area contributed by atoms with Crippen LogP contribution in [0.4, 0.5) is 0 Å². The molecule has 14 heteroatoms. The van der Waals surface area contributed by atoms with Crippen LogP contribution >= 0.6 is 11.8 Å². The predicted octanol–water partition coefficient (Wildman–Crippen LogP) is 2.96. The molecule has 0 N–H and O–H groups in total. The van der Waals surface area contributed by atoms with Gasteiger partial charge in [-0.25, -0.2) is 19.7 Å². The van der Waals surface area contributed by atoms with Crippen LogP contribution in [0.15, 0.2) is 56.1 Å². The van der Waals surface area contributed by atoms with E-state index >= 15 is 0 Å². The van der Waals surface area contributed by atoms with E-state index < -0.39 is 47.9 Å². The first-order chi connectivity index (χ1) is 19.6. The van der Waals surface area contributed by atoms with E-state index in [-0.39, 0.29) is 18.1 Å². The molecule has 1 aliphatic heterocycles. The highest BCUT2D eigenvalue weighted by molar-refractivity contribution is 7.99. The van der Waals surface area contributed by atoms with Crippen molar-refractivity contribution in [3.8, 4) is 0 Å². The summed E-state index contributed by atoms with van der Waals surface area (Å²) in [5.74, 6) is -2.46. The van der Waals surface area contributed by atoms with Gasteiger partial charge in [0.2, 0.25) is 0 Å². The van der Waals surface area contributed by atoms with Gasteiger partial charge in [0.15, 0.2) is 10.8 Å². The third kappa shape index (κ3) is 6.07. The van der Waals surface area contributed by atoms with Crippen molar-refractivity contribution in [1.29, 1.82) is 0 Å². The summed E-state index contributed by atoms with van der Waals surface area (Å²) < 4.78 is 29.6. The van der Waals surface area contributed by atoms with Crippen LogP contribution in [0.5, 0.6) is 0 Å². The molecule has 0 bridgehead atoms. The summed E-state index contributed by atoms with van der Waals surface area (Å²) in [5, 5.41) is 1.03. The summed E-state index contributed by atoms with van der Waals surface area (Å²) in [4.78, 5) is 61.7. The molecule has 1 aromatic carbocycles. The molecule has 0 radical (unpaired) electrons. The lowest BCUT2D eigenvalue weighted by Crippen LogP contribution is -2.37. The van der Waals surface area contributed by atoms with E-state index in [1.54, 1.807) is 16.7 Å². The number of carbonyl (C=O) groups is 3. The average Bonchev–Trinajstić information content (AvgIpc) is 3.43. The Morgan fingerprint density at radius 2 is 1.80 bits per heavy atom. The molecule has 0 amide bonds. The molecule has 0 spiro atoms. The minimum atomic E-state index is -0.962. The number of rotatable bonds is 8. The first-order valence-corrected chi connectivity index (χ1v) is 13.4. The fraction of sp³-hybridized carbons (Fsp3) is 0.370. The van der Waals surface area contributed by atoms with Gasteiger partial charge in [-0.2, -0.15) is 0 Å².